The predicted octanol–water partition coefficient (Wildman–Crippen LogP) is 4.10. The highest BCUT2D eigenvalue weighted by atomic mass is 127. The number of guanidine groups is 1. The van der Waals surface area contributed by atoms with E-state index in [2.05, 4.69) is 20.7 Å². The number of hydrogen-bond acceptors (Lipinski definition) is 2. The predicted molar refractivity (Wildman–Crippen MR) is 111 cm³/mol. The van der Waals surface area contributed by atoms with Crippen LogP contribution < -0.4 is 10.6 Å². The summed E-state index contributed by atoms with van der Waals surface area (Å²) in [5.74, 6) is 0.512. The van der Waals surface area contributed by atoms with E-state index in [0.29, 0.717) is 18.1 Å². The molecular formula is C18H25F3IN5. The number of nitrogens with one attached hydrogen (secondary N) is 2. The Hall–Kier alpha value is -1.78. The third kappa shape index (κ3) is 5.85. The molecule has 2 aromatic rings. The largest absolute Gasteiger partial charge is 0.416 e. The molecule has 0 amide bonds. The molecule has 5 nitrogen and oxygen atoms in total. The number of alkyl halides is 3. The summed E-state index contributed by atoms with van der Waals surface area (Å²) >= 11 is 0. The van der Waals surface area contributed by atoms with Gasteiger partial charge in [0, 0.05) is 31.9 Å². The van der Waals surface area contributed by atoms with E-state index in [1.807, 2.05) is 25.6 Å². The lowest BCUT2D eigenvalue weighted by Gasteiger charge is -2.19. The fourth-order valence-corrected chi connectivity index (χ4v) is 2.71. The molecule has 1 aromatic carbocycles. The van der Waals surface area contributed by atoms with Crippen LogP contribution in [0.2, 0.25) is 0 Å². The summed E-state index contributed by atoms with van der Waals surface area (Å²) < 4.78 is 40.5. The molecule has 0 bridgehead atoms. The van der Waals surface area contributed by atoms with Crippen molar-refractivity contribution in [1.82, 2.24) is 20.4 Å². The summed E-state index contributed by atoms with van der Waals surface area (Å²) in [5, 5.41) is 10.7. The average Bonchev–Trinajstić information content (AvgIpc) is 2.83. The second kappa shape index (κ2) is 9.43. The molecule has 1 heterocycles. The van der Waals surface area contributed by atoms with Crippen molar-refractivity contribution >= 4 is 29.9 Å². The molecule has 0 aliphatic carbocycles. The van der Waals surface area contributed by atoms with Gasteiger partial charge in [-0.25, -0.2) is 0 Å². The second-order valence-electron chi connectivity index (χ2n) is 6.19. The Morgan fingerprint density at radius 2 is 1.96 bits per heavy atom. The van der Waals surface area contributed by atoms with Gasteiger partial charge in [-0.1, -0.05) is 12.1 Å². The summed E-state index contributed by atoms with van der Waals surface area (Å²) in [5.41, 5.74) is 2.93. The summed E-state index contributed by atoms with van der Waals surface area (Å²) in [6.07, 6.45) is -4.36. The first-order chi connectivity index (χ1) is 12.1. The summed E-state index contributed by atoms with van der Waals surface area (Å²) in [6.45, 7) is 6.24. The third-order valence-electron chi connectivity index (χ3n) is 4.38. The van der Waals surface area contributed by atoms with Crippen LogP contribution in [0.15, 0.2) is 29.3 Å². The van der Waals surface area contributed by atoms with Gasteiger partial charge in [0.25, 0.3) is 0 Å². The Bertz CT molecular complexity index is 799. The fraction of sp³-hybridized carbons (Fsp3) is 0.444. The van der Waals surface area contributed by atoms with Gasteiger partial charge in [0.15, 0.2) is 5.96 Å². The molecule has 9 heteroatoms. The van der Waals surface area contributed by atoms with Gasteiger partial charge in [-0.2, -0.15) is 18.3 Å². The van der Waals surface area contributed by atoms with Gasteiger partial charge in [-0.15, -0.1) is 24.0 Å². The molecule has 2 N–H and O–H groups in total. The number of benzene rings is 1. The first-order valence-corrected chi connectivity index (χ1v) is 8.27. The van der Waals surface area contributed by atoms with Crippen molar-refractivity contribution in [2.75, 3.05) is 7.05 Å². The quantitative estimate of drug-likeness (QED) is 0.382. The van der Waals surface area contributed by atoms with E-state index in [9.17, 15) is 13.2 Å². The molecule has 27 heavy (non-hydrogen) atoms. The van der Waals surface area contributed by atoms with Gasteiger partial charge >= 0.3 is 6.18 Å². The van der Waals surface area contributed by atoms with Crippen molar-refractivity contribution in [1.29, 1.82) is 0 Å². The lowest BCUT2D eigenvalue weighted by Crippen LogP contribution is -2.38. The zero-order valence-electron chi connectivity index (χ0n) is 16.0. The number of aliphatic imine (C=N–C) groups is 1. The maximum absolute atomic E-state index is 12.9. The van der Waals surface area contributed by atoms with Crippen LogP contribution in [0.25, 0.3) is 0 Å². The van der Waals surface area contributed by atoms with Crippen LogP contribution in [0.3, 0.4) is 0 Å². The van der Waals surface area contributed by atoms with Gasteiger partial charge in [0.1, 0.15) is 0 Å². The Kier molecular flexibility index (Phi) is 8.12. The molecule has 0 radical (unpaired) electrons. The molecule has 1 unspecified atom stereocenters. The first kappa shape index (κ1) is 23.3. The number of aryl methyl sites for hydroxylation is 2. The van der Waals surface area contributed by atoms with Crippen LogP contribution in [0.4, 0.5) is 13.2 Å². The second-order valence-corrected chi connectivity index (χ2v) is 6.19. The molecule has 2 rings (SSSR count). The normalized spacial score (nSPS) is 13.1. The Morgan fingerprint density at radius 3 is 2.48 bits per heavy atom. The highest BCUT2D eigenvalue weighted by molar-refractivity contribution is 14.0. The van der Waals surface area contributed by atoms with Crippen LogP contribution in [-0.2, 0) is 19.8 Å². The topological polar surface area (TPSA) is 54.2 Å². The highest BCUT2D eigenvalue weighted by Crippen LogP contribution is 2.30. The highest BCUT2D eigenvalue weighted by Gasteiger charge is 2.30. The van der Waals surface area contributed by atoms with Crippen LogP contribution >= 0.6 is 24.0 Å². The maximum Gasteiger partial charge on any atom is 0.416 e. The molecule has 0 aliphatic heterocycles. The number of halogens is 4. The Labute approximate surface area is 174 Å². The number of hydrogen-bond donors (Lipinski definition) is 2. The van der Waals surface area contributed by atoms with Crippen molar-refractivity contribution in [2.24, 2.45) is 12.0 Å². The molecule has 0 saturated carbocycles. The lowest BCUT2D eigenvalue weighted by molar-refractivity contribution is -0.137. The van der Waals surface area contributed by atoms with E-state index in [-0.39, 0.29) is 30.0 Å². The van der Waals surface area contributed by atoms with Gasteiger partial charge in [-0.3, -0.25) is 9.67 Å². The van der Waals surface area contributed by atoms with Crippen molar-refractivity contribution in [3.05, 3.63) is 52.3 Å². The molecule has 1 aromatic heterocycles. The van der Waals surface area contributed by atoms with Gasteiger partial charge in [0.05, 0.1) is 17.3 Å². The monoisotopic (exact) mass is 495 g/mol. The van der Waals surface area contributed by atoms with Crippen molar-refractivity contribution < 1.29 is 13.2 Å². The van der Waals surface area contributed by atoms with Crippen molar-refractivity contribution in [2.45, 2.75) is 39.5 Å². The van der Waals surface area contributed by atoms with Crippen molar-refractivity contribution in [3.8, 4) is 0 Å². The van der Waals surface area contributed by atoms with E-state index in [0.717, 1.165) is 29.1 Å². The first-order valence-electron chi connectivity index (χ1n) is 8.27. The van der Waals surface area contributed by atoms with Gasteiger partial charge in [0.2, 0.25) is 0 Å². The molecule has 0 saturated heterocycles. The zero-order valence-corrected chi connectivity index (χ0v) is 18.3. The van der Waals surface area contributed by atoms with E-state index < -0.39 is 11.7 Å². The third-order valence-corrected chi connectivity index (χ3v) is 4.38. The standard InChI is InChI=1S/C18H24F3N5.HI/c1-11(14-7-6-8-15(9-14)18(19,20)21)24-17(22-4)23-10-16-12(2)25-26(5)13(16)3;/h6-9,11H,10H2,1-5H3,(H2,22,23,24);1H. The van der Waals surface area contributed by atoms with E-state index in [4.69, 9.17) is 0 Å². The number of nitrogens with zero attached hydrogens (tertiary/aromatic N) is 3. The molecule has 0 fully saturated rings. The molecule has 150 valence electrons. The van der Waals surface area contributed by atoms with E-state index >= 15 is 0 Å². The Morgan fingerprint density at radius 1 is 1.30 bits per heavy atom. The van der Waals surface area contributed by atoms with Crippen molar-refractivity contribution in [3.63, 3.8) is 0 Å². The van der Waals surface area contributed by atoms with Gasteiger partial charge < -0.3 is 10.6 Å². The minimum atomic E-state index is -4.36. The van der Waals surface area contributed by atoms with Crippen LogP contribution in [0, 0.1) is 13.8 Å². The van der Waals surface area contributed by atoms with Crippen LogP contribution in [-0.4, -0.2) is 22.8 Å². The molecule has 0 aliphatic rings. The molecule has 0 spiro atoms. The summed E-state index contributed by atoms with van der Waals surface area (Å²) in [7, 11) is 3.51. The smallest absolute Gasteiger partial charge is 0.352 e. The Balaban J connectivity index is 0.00000364. The number of aromatic nitrogens is 2. The lowest BCUT2D eigenvalue weighted by atomic mass is 10.1. The van der Waals surface area contributed by atoms with E-state index in [1.54, 1.807) is 20.0 Å². The zero-order chi connectivity index (χ0) is 19.5. The summed E-state index contributed by atoms with van der Waals surface area (Å²) in [4.78, 5) is 4.15. The molecule has 1 atom stereocenters. The SMILES string of the molecule is CN=C(NCc1c(C)nn(C)c1C)NC(C)c1cccc(C(F)(F)F)c1.I. The maximum atomic E-state index is 12.9. The van der Waals surface area contributed by atoms with Gasteiger partial charge in [-0.05, 0) is 38.5 Å². The fourth-order valence-electron chi connectivity index (χ4n) is 2.71. The molecular weight excluding hydrogens is 470 g/mol. The minimum Gasteiger partial charge on any atom is -0.352 e. The number of rotatable bonds is 4. The van der Waals surface area contributed by atoms with E-state index in [1.165, 1.54) is 6.07 Å². The average molecular weight is 495 g/mol. The van der Waals surface area contributed by atoms with Crippen LogP contribution in [0.1, 0.15) is 41.0 Å². The minimum absolute atomic E-state index is 0. The van der Waals surface area contributed by atoms with Crippen LogP contribution in [0.5, 0.6) is 0 Å². The summed E-state index contributed by atoms with van der Waals surface area (Å²) in [6, 6.07) is 4.96.